The van der Waals surface area contributed by atoms with Gasteiger partial charge < -0.3 is 15.6 Å². The monoisotopic (exact) mass is 291 g/mol. The molecule has 0 amide bonds. The first-order chi connectivity index (χ1) is 9.37. The molecule has 0 aliphatic heterocycles. The van der Waals surface area contributed by atoms with Gasteiger partial charge in [0.15, 0.2) is 0 Å². The highest BCUT2D eigenvalue weighted by atomic mass is 19.4. The maximum atomic E-state index is 11.9. The molecule has 0 aliphatic rings. The van der Waals surface area contributed by atoms with E-state index in [0.29, 0.717) is 6.42 Å². The predicted molar refractivity (Wildman–Crippen MR) is 70.1 cm³/mol. The van der Waals surface area contributed by atoms with Gasteiger partial charge in [0.2, 0.25) is 0 Å². The molecular weight excluding hydrogens is 271 g/mol. The minimum Gasteiger partial charge on any atom is -0.394 e. The first kappa shape index (κ1) is 16.9. The van der Waals surface area contributed by atoms with Crippen LogP contribution in [0.1, 0.15) is 24.8 Å². The predicted octanol–water partition coefficient (Wildman–Crippen LogP) is 2.58. The van der Waals surface area contributed by atoms with E-state index >= 15 is 0 Å². The Hall–Kier alpha value is -1.11. The van der Waals surface area contributed by atoms with Crippen LogP contribution in [0.25, 0.3) is 0 Å². The fourth-order valence-electron chi connectivity index (χ4n) is 1.82. The molecule has 0 saturated heterocycles. The molecule has 0 bridgehead atoms. The maximum Gasteiger partial charge on any atom is 0.389 e. The number of benzene rings is 1. The Kier molecular flexibility index (Phi) is 6.45. The highest BCUT2D eigenvalue weighted by molar-refractivity contribution is 5.23. The second-order valence-corrected chi connectivity index (χ2v) is 4.76. The lowest BCUT2D eigenvalue weighted by molar-refractivity contribution is -0.138. The first-order valence-electron chi connectivity index (χ1n) is 6.47. The van der Waals surface area contributed by atoms with Gasteiger partial charge in [-0.25, -0.2) is 0 Å². The summed E-state index contributed by atoms with van der Waals surface area (Å²) in [7, 11) is 0. The van der Waals surface area contributed by atoms with E-state index in [4.69, 9.17) is 10.5 Å². The van der Waals surface area contributed by atoms with Crippen LogP contribution in [-0.2, 0) is 10.3 Å². The van der Waals surface area contributed by atoms with E-state index in [1.54, 1.807) is 12.1 Å². The standard InChI is InChI=1S/C14H20F3NO2/c15-14(16,17)7-4-9-20-10-8-13(18,11-19)12-5-2-1-3-6-12/h1-3,5-6,19H,4,7-11,18H2. The van der Waals surface area contributed by atoms with Gasteiger partial charge in [-0.05, 0) is 18.4 Å². The van der Waals surface area contributed by atoms with Crippen molar-refractivity contribution in [2.45, 2.75) is 31.0 Å². The normalized spacial score (nSPS) is 15.1. The van der Waals surface area contributed by atoms with E-state index in [0.717, 1.165) is 5.56 Å². The molecule has 3 nitrogen and oxygen atoms in total. The molecule has 1 aromatic carbocycles. The molecule has 114 valence electrons. The van der Waals surface area contributed by atoms with Gasteiger partial charge >= 0.3 is 6.18 Å². The fraction of sp³-hybridized carbons (Fsp3) is 0.571. The van der Waals surface area contributed by atoms with Crippen LogP contribution in [0, 0.1) is 0 Å². The third-order valence-electron chi connectivity index (χ3n) is 3.07. The number of rotatable bonds is 8. The number of aliphatic hydroxyl groups is 1. The molecule has 0 aliphatic carbocycles. The van der Waals surface area contributed by atoms with Gasteiger partial charge in [0, 0.05) is 19.6 Å². The van der Waals surface area contributed by atoms with Crippen molar-refractivity contribution in [2.24, 2.45) is 5.73 Å². The van der Waals surface area contributed by atoms with Crippen LogP contribution in [0.15, 0.2) is 30.3 Å². The van der Waals surface area contributed by atoms with E-state index in [1.807, 2.05) is 18.2 Å². The number of hydrogen-bond donors (Lipinski definition) is 2. The Morgan fingerprint density at radius 2 is 1.70 bits per heavy atom. The summed E-state index contributed by atoms with van der Waals surface area (Å²) in [6, 6.07) is 9.09. The zero-order valence-electron chi connectivity index (χ0n) is 11.2. The first-order valence-corrected chi connectivity index (χ1v) is 6.47. The topological polar surface area (TPSA) is 55.5 Å². The van der Waals surface area contributed by atoms with E-state index in [1.165, 1.54) is 0 Å². The second kappa shape index (κ2) is 7.61. The Morgan fingerprint density at radius 3 is 2.25 bits per heavy atom. The van der Waals surface area contributed by atoms with E-state index < -0.39 is 18.1 Å². The molecule has 0 aromatic heterocycles. The van der Waals surface area contributed by atoms with E-state index in [-0.39, 0.29) is 26.2 Å². The van der Waals surface area contributed by atoms with Crippen molar-refractivity contribution in [3.8, 4) is 0 Å². The highest BCUT2D eigenvalue weighted by Gasteiger charge is 2.27. The highest BCUT2D eigenvalue weighted by Crippen LogP contribution is 2.23. The summed E-state index contributed by atoms with van der Waals surface area (Å²) in [5.41, 5.74) is 5.95. The SMILES string of the molecule is NC(CO)(CCOCCCC(F)(F)F)c1ccccc1. The molecule has 3 N–H and O–H groups in total. The Morgan fingerprint density at radius 1 is 1.05 bits per heavy atom. The van der Waals surface area contributed by atoms with Crippen molar-refractivity contribution in [1.29, 1.82) is 0 Å². The molecule has 0 spiro atoms. The summed E-state index contributed by atoms with van der Waals surface area (Å²) in [6.07, 6.45) is -4.71. The summed E-state index contributed by atoms with van der Waals surface area (Å²) in [6.45, 7) is 0.00252. The molecule has 6 heteroatoms. The zero-order valence-corrected chi connectivity index (χ0v) is 11.2. The fourth-order valence-corrected chi connectivity index (χ4v) is 1.82. The van der Waals surface area contributed by atoms with Gasteiger partial charge in [0.25, 0.3) is 0 Å². The molecule has 0 heterocycles. The number of nitrogens with two attached hydrogens (primary N) is 1. The minimum atomic E-state index is -4.14. The average Bonchev–Trinajstić information content (AvgIpc) is 2.42. The molecule has 20 heavy (non-hydrogen) atoms. The third-order valence-corrected chi connectivity index (χ3v) is 3.07. The van der Waals surface area contributed by atoms with Crippen LogP contribution < -0.4 is 5.73 Å². The lowest BCUT2D eigenvalue weighted by Crippen LogP contribution is -2.41. The molecule has 1 rings (SSSR count). The zero-order chi connectivity index (χ0) is 15.1. The van der Waals surface area contributed by atoms with Gasteiger partial charge in [-0.1, -0.05) is 30.3 Å². The van der Waals surface area contributed by atoms with Crippen molar-refractivity contribution >= 4 is 0 Å². The summed E-state index contributed by atoms with van der Waals surface area (Å²) in [4.78, 5) is 0. The molecule has 1 unspecified atom stereocenters. The van der Waals surface area contributed by atoms with Crippen LogP contribution in [0.3, 0.4) is 0 Å². The Bertz CT molecular complexity index is 384. The van der Waals surface area contributed by atoms with Crippen molar-refractivity contribution in [2.75, 3.05) is 19.8 Å². The molecule has 0 saturated carbocycles. The van der Waals surface area contributed by atoms with Gasteiger partial charge in [0.05, 0.1) is 12.1 Å². The van der Waals surface area contributed by atoms with Gasteiger partial charge in [-0.3, -0.25) is 0 Å². The lowest BCUT2D eigenvalue weighted by Gasteiger charge is -2.27. The summed E-state index contributed by atoms with van der Waals surface area (Å²) < 4.78 is 40.9. The minimum absolute atomic E-state index is 0.0375. The Balaban J connectivity index is 2.32. The summed E-state index contributed by atoms with van der Waals surface area (Å²) >= 11 is 0. The quantitative estimate of drug-likeness (QED) is 0.724. The summed E-state index contributed by atoms with van der Waals surface area (Å²) in [5.74, 6) is 0. The smallest absolute Gasteiger partial charge is 0.389 e. The van der Waals surface area contributed by atoms with Gasteiger partial charge in [0.1, 0.15) is 0 Å². The number of aliphatic hydroxyl groups excluding tert-OH is 1. The third kappa shape index (κ3) is 5.90. The van der Waals surface area contributed by atoms with Crippen LogP contribution in [-0.4, -0.2) is 31.1 Å². The van der Waals surface area contributed by atoms with E-state index in [9.17, 15) is 18.3 Å². The number of hydrogen-bond acceptors (Lipinski definition) is 3. The number of halogens is 3. The lowest BCUT2D eigenvalue weighted by atomic mass is 9.89. The van der Waals surface area contributed by atoms with Crippen LogP contribution in [0.5, 0.6) is 0 Å². The Labute approximate surface area is 116 Å². The molecule has 0 fully saturated rings. The van der Waals surface area contributed by atoms with Crippen molar-refractivity contribution < 1.29 is 23.0 Å². The van der Waals surface area contributed by atoms with Gasteiger partial charge in [-0.2, -0.15) is 13.2 Å². The number of ether oxygens (including phenoxy) is 1. The molecule has 0 radical (unpaired) electrons. The van der Waals surface area contributed by atoms with Gasteiger partial charge in [-0.15, -0.1) is 0 Å². The van der Waals surface area contributed by atoms with Crippen LogP contribution in [0.4, 0.5) is 13.2 Å². The van der Waals surface area contributed by atoms with E-state index in [2.05, 4.69) is 0 Å². The van der Waals surface area contributed by atoms with Crippen LogP contribution >= 0.6 is 0 Å². The average molecular weight is 291 g/mol. The van der Waals surface area contributed by atoms with Crippen LogP contribution in [0.2, 0.25) is 0 Å². The van der Waals surface area contributed by atoms with Crippen molar-refractivity contribution in [3.05, 3.63) is 35.9 Å². The largest absolute Gasteiger partial charge is 0.394 e. The van der Waals surface area contributed by atoms with Crippen molar-refractivity contribution in [3.63, 3.8) is 0 Å². The molecular formula is C14H20F3NO2. The molecule has 1 aromatic rings. The summed E-state index contributed by atoms with van der Waals surface area (Å²) in [5, 5.41) is 9.42. The molecule has 1 atom stereocenters. The number of alkyl halides is 3. The van der Waals surface area contributed by atoms with Crippen molar-refractivity contribution in [1.82, 2.24) is 0 Å². The second-order valence-electron chi connectivity index (χ2n) is 4.76. The maximum absolute atomic E-state index is 11.9.